The molecule has 2 N–H and O–H groups in total. The number of nitrogens with zero attached hydrogens (tertiary/aromatic N) is 1. The number of likely N-dealkylation sites (tertiary alicyclic amines) is 1. The zero-order valence-corrected chi connectivity index (χ0v) is 24.5. The van der Waals surface area contributed by atoms with Crippen molar-refractivity contribution in [2.45, 2.75) is 58.4 Å². The maximum absolute atomic E-state index is 13.6. The van der Waals surface area contributed by atoms with Gasteiger partial charge in [0.05, 0.1) is 12.5 Å². The number of hydrogen-bond acceptors (Lipinski definition) is 5. The summed E-state index contributed by atoms with van der Waals surface area (Å²) in [5, 5.41) is 14.4. The number of carboxylic acid groups (broad SMARTS) is 1. The summed E-state index contributed by atoms with van der Waals surface area (Å²) in [6, 6.07) is 17.1. The fourth-order valence-electron chi connectivity index (χ4n) is 6.25. The normalized spacial score (nSPS) is 19.9. The van der Waals surface area contributed by atoms with Gasteiger partial charge in [0.15, 0.2) is 11.5 Å². The van der Waals surface area contributed by atoms with Gasteiger partial charge >= 0.3 is 5.97 Å². The van der Waals surface area contributed by atoms with Crippen molar-refractivity contribution in [2.24, 2.45) is 5.92 Å². The first-order valence-electron chi connectivity index (χ1n) is 14.4. The van der Waals surface area contributed by atoms with E-state index in [2.05, 4.69) is 24.4 Å². The lowest BCUT2D eigenvalue weighted by atomic mass is 9.82. The lowest BCUT2D eigenvalue weighted by molar-refractivity contribution is -0.143. The number of halogens is 1. The Morgan fingerprint density at radius 2 is 1.61 bits per heavy atom. The van der Waals surface area contributed by atoms with Gasteiger partial charge in [-0.15, -0.1) is 0 Å². The summed E-state index contributed by atoms with van der Waals surface area (Å²) in [5.41, 5.74) is 5.72. The van der Waals surface area contributed by atoms with Crippen LogP contribution in [0.2, 0.25) is 5.02 Å². The molecular formula is C33H37ClN2O5. The van der Waals surface area contributed by atoms with Crippen LogP contribution in [0.25, 0.3) is 0 Å². The maximum Gasteiger partial charge on any atom is 0.309 e. The SMILES string of the molecule is CCCc1ccc([C@H]2C(C(=O)O)[C@@H](c3ccc4c(c3)OCO4)CN2CC(=O)Nc2c(CC)cc(Cl)cc2CC)cc1. The molecule has 1 amide bonds. The van der Waals surface area contributed by atoms with Crippen LogP contribution in [0.1, 0.15) is 67.0 Å². The number of benzene rings is 3. The first-order valence-corrected chi connectivity index (χ1v) is 14.8. The summed E-state index contributed by atoms with van der Waals surface area (Å²) >= 11 is 6.33. The molecule has 0 aromatic heterocycles. The Bertz CT molecular complexity index is 1400. The zero-order valence-electron chi connectivity index (χ0n) is 23.8. The van der Waals surface area contributed by atoms with Crippen molar-refractivity contribution in [1.29, 1.82) is 0 Å². The second kappa shape index (κ2) is 12.5. The average Bonchev–Trinajstić information content (AvgIpc) is 3.58. The van der Waals surface area contributed by atoms with Crippen molar-refractivity contribution in [2.75, 3.05) is 25.2 Å². The van der Waals surface area contributed by atoms with Crippen molar-refractivity contribution >= 4 is 29.2 Å². The molecule has 1 saturated heterocycles. The fourth-order valence-corrected chi connectivity index (χ4v) is 6.51. The number of fused-ring (bicyclic) bond motifs is 1. The van der Waals surface area contributed by atoms with E-state index < -0.39 is 17.9 Å². The van der Waals surface area contributed by atoms with Gasteiger partial charge in [0.2, 0.25) is 12.7 Å². The molecule has 0 saturated carbocycles. The number of carbonyl (C=O) groups excluding carboxylic acids is 1. The Morgan fingerprint density at radius 3 is 2.24 bits per heavy atom. The Morgan fingerprint density at radius 1 is 0.951 bits per heavy atom. The fraction of sp³-hybridized carbons (Fsp3) is 0.394. The molecule has 2 aliphatic heterocycles. The molecule has 5 rings (SSSR count). The molecule has 0 radical (unpaired) electrons. The molecule has 3 aromatic rings. The summed E-state index contributed by atoms with van der Waals surface area (Å²) in [4.78, 5) is 28.5. The average molecular weight is 577 g/mol. The third kappa shape index (κ3) is 6.07. The molecule has 8 heteroatoms. The van der Waals surface area contributed by atoms with Crippen LogP contribution in [0, 0.1) is 5.92 Å². The summed E-state index contributed by atoms with van der Waals surface area (Å²) < 4.78 is 11.1. The smallest absolute Gasteiger partial charge is 0.309 e. The van der Waals surface area contributed by atoms with Crippen molar-refractivity contribution in [1.82, 2.24) is 4.90 Å². The highest BCUT2D eigenvalue weighted by Gasteiger charge is 2.48. The third-order valence-corrected chi connectivity index (χ3v) is 8.43. The minimum atomic E-state index is -0.891. The van der Waals surface area contributed by atoms with Crippen molar-refractivity contribution in [3.05, 3.63) is 87.4 Å². The van der Waals surface area contributed by atoms with Crippen molar-refractivity contribution < 1.29 is 24.2 Å². The topological polar surface area (TPSA) is 88.1 Å². The van der Waals surface area contributed by atoms with Gasteiger partial charge in [0, 0.05) is 29.2 Å². The van der Waals surface area contributed by atoms with Crippen molar-refractivity contribution in [3.63, 3.8) is 0 Å². The maximum atomic E-state index is 13.6. The second-order valence-electron chi connectivity index (χ2n) is 10.8. The number of carboxylic acids is 1. The molecule has 3 atom stereocenters. The molecular weight excluding hydrogens is 540 g/mol. The number of hydrogen-bond donors (Lipinski definition) is 2. The van der Waals surface area contributed by atoms with Crippen LogP contribution in [0.15, 0.2) is 54.6 Å². The standard InChI is InChI=1S/C33H37ClN2O5/c1-4-7-20-8-10-23(11-9-20)32-30(33(38)39)26(24-12-13-27-28(16-24)41-19-40-27)17-36(32)18-29(37)35-31-21(5-2)14-25(34)15-22(31)6-3/h8-16,26,30,32H,4-7,17-19H2,1-3H3,(H,35,37)(H,38,39)/t26-,30?,32+/m1/s1. The van der Waals surface area contributed by atoms with Crippen LogP contribution in [0.3, 0.4) is 0 Å². The van der Waals surface area contributed by atoms with Gasteiger partial charge in [-0.3, -0.25) is 14.5 Å². The lowest BCUT2D eigenvalue weighted by Crippen LogP contribution is -2.35. The van der Waals surface area contributed by atoms with Crippen LogP contribution in [0.4, 0.5) is 5.69 Å². The predicted octanol–water partition coefficient (Wildman–Crippen LogP) is 6.63. The number of aliphatic carboxylic acids is 1. The largest absolute Gasteiger partial charge is 0.481 e. The Hall–Kier alpha value is -3.55. The molecule has 0 bridgehead atoms. The molecule has 1 fully saturated rings. The monoisotopic (exact) mass is 576 g/mol. The number of carbonyl (C=O) groups is 2. The van der Waals surface area contributed by atoms with E-state index in [1.807, 2.05) is 61.2 Å². The van der Waals surface area contributed by atoms with Crippen LogP contribution < -0.4 is 14.8 Å². The van der Waals surface area contributed by atoms with Crippen LogP contribution in [0.5, 0.6) is 11.5 Å². The first kappa shape index (κ1) is 29.0. The van der Waals surface area contributed by atoms with E-state index in [9.17, 15) is 14.7 Å². The second-order valence-corrected chi connectivity index (χ2v) is 11.2. The van der Waals surface area contributed by atoms with E-state index >= 15 is 0 Å². The van der Waals surface area contributed by atoms with E-state index in [0.29, 0.717) is 23.1 Å². The summed E-state index contributed by atoms with van der Waals surface area (Å²) in [6.45, 7) is 6.82. The highest BCUT2D eigenvalue weighted by Crippen LogP contribution is 2.47. The van der Waals surface area contributed by atoms with Crippen LogP contribution in [-0.4, -0.2) is 41.8 Å². The molecule has 2 heterocycles. The molecule has 0 aliphatic carbocycles. The lowest BCUT2D eigenvalue weighted by Gasteiger charge is -2.27. The molecule has 0 spiro atoms. The zero-order chi connectivity index (χ0) is 29.1. The number of nitrogens with one attached hydrogen (secondary N) is 1. The highest BCUT2D eigenvalue weighted by molar-refractivity contribution is 6.30. The van der Waals surface area contributed by atoms with Gasteiger partial charge < -0.3 is 19.9 Å². The number of ether oxygens (including phenoxy) is 2. The highest BCUT2D eigenvalue weighted by atomic mass is 35.5. The van der Waals surface area contributed by atoms with E-state index in [1.54, 1.807) is 0 Å². The minimum absolute atomic E-state index is 0.0567. The van der Waals surface area contributed by atoms with Gasteiger partial charge in [0.1, 0.15) is 0 Å². The van der Waals surface area contributed by atoms with E-state index in [0.717, 1.165) is 53.6 Å². The quantitative estimate of drug-likeness (QED) is 0.282. The van der Waals surface area contributed by atoms with Crippen LogP contribution >= 0.6 is 11.6 Å². The Labute approximate surface area is 246 Å². The number of anilines is 1. The molecule has 7 nitrogen and oxygen atoms in total. The molecule has 41 heavy (non-hydrogen) atoms. The van der Waals surface area contributed by atoms with E-state index in [1.165, 1.54) is 5.56 Å². The van der Waals surface area contributed by atoms with Gasteiger partial charge in [-0.25, -0.2) is 0 Å². The Kier molecular flexibility index (Phi) is 8.85. The number of rotatable bonds is 10. The third-order valence-electron chi connectivity index (χ3n) is 8.21. The number of amides is 1. The predicted molar refractivity (Wildman–Crippen MR) is 160 cm³/mol. The van der Waals surface area contributed by atoms with Gasteiger partial charge in [-0.1, -0.05) is 69.1 Å². The minimum Gasteiger partial charge on any atom is -0.481 e. The van der Waals surface area contributed by atoms with E-state index in [4.69, 9.17) is 21.1 Å². The van der Waals surface area contributed by atoms with Gasteiger partial charge in [-0.2, -0.15) is 0 Å². The van der Waals surface area contributed by atoms with Gasteiger partial charge in [0.25, 0.3) is 0 Å². The van der Waals surface area contributed by atoms with Crippen molar-refractivity contribution in [3.8, 4) is 11.5 Å². The Balaban J connectivity index is 1.48. The van der Waals surface area contributed by atoms with E-state index in [-0.39, 0.29) is 25.2 Å². The molecule has 1 unspecified atom stereocenters. The molecule has 3 aromatic carbocycles. The summed E-state index contributed by atoms with van der Waals surface area (Å²) in [5.74, 6) is -0.905. The first-order chi connectivity index (χ1) is 19.8. The number of aryl methyl sites for hydroxylation is 3. The summed E-state index contributed by atoms with van der Waals surface area (Å²) in [6.07, 6.45) is 3.45. The molecule has 216 valence electrons. The van der Waals surface area contributed by atoms with Gasteiger partial charge in [-0.05, 0) is 71.3 Å². The van der Waals surface area contributed by atoms with Crippen LogP contribution in [-0.2, 0) is 28.9 Å². The molecule has 2 aliphatic rings. The summed E-state index contributed by atoms with van der Waals surface area (Å²) in [7, 11) is 0.